The lowest BCUT2D eigenvalue weighted by Gasteiger charge is -2.33. The number of benzene rings is 1. The van der Waals surface area contributed by atoms with E-state index in [-0.39, 0.29) is 5.82 Å². The number of carboxylic acids is 1. The summed E-state index contributed by atoms with van der Waals surface area (Å²) < 4.78 is 12.9. The van der Waals surface area contributed by atoms with E-state index >= 15 is 0 Å². The predicted molar refractivity (Wildman–Crippen MR) is 89.0 cm³/mol. The first kappa shape index (κ1) is 17.9. The average Bonchev–Trinajstić information content (AvgIpc) is 2.55. The van der Waals surface area contributed by atoms with Crippen molar-refractivity contribution < 1.29 is 14.3 Å². The highest BCUT2D eigenvalue weighted by molar-refractivity contribution is 5.73. The van der Waals surface area contributed by atoms with E-state index in [1.54, 1.807) is 0 Å². The summed E-state index contributed by atoms with van der Waals surface area (Å²) in [6.07, 6.45) is 4.44. The van der Waals surface area contributed by atoms with Gasteiger partial charge in [-0.3, -0.25) is 4.79 Å². The minimum atomic E-state index is -0.745. The number of aliphatic carboxylic acids is 1. The maximum atomic E-state index is 12.9. The second-order valence-corrected chi connectivity index (χ2v) is 6.34. The molecule has 1 heterocycles. The molecule has 1 fully saturated rings. The zero-order valence-electron chi connectivity index (χ0n) is 13.8. The molecule has 0 spiro atoms. The van der Waals surface area contributed by atoms with Gasteiger partial charge in [0.25, 0.3) is 0 Å². The smallest absolute Gasteiger partial charge is 0.320 e. The second-order valence-electron chi connectivity index (χ2n) is 6.34. The van der Waals surface area contributed by atoms with Gasteiger partial charge < -0.3 is 15.3 Å². The summed E-state index contributed by atoms with van der Waals surface area (Å²) in [6.45, 7) is 4.94. The van der Waals surface area contributed by atoms with Crippen LogP contribution in [0.15, 0.2) is 24.3 Å². The lowest BCUT2D eigenvalue weighted by molar-refractivity contribution is -0.140. The van der Waals surface area contributed by atoms with Crippen LogP contribution in [0.5, 0.6) is 0 Å². The van der Waals surface area contributed by atoms with Crippen molar-refractivity contribution in [2.45, 2.75) is 51.1 Å². The number of likely N-dealkylation sites (tertiary alicyclic amines) is 1. The second kappa shape index (κ2) is 8.99. The molecule has 4 nitrogen and oxygen atoms in total. The van der Waals surface area contributed by atoms with E-state index in [4.69, 9.17) is 0 Å². The van der Waals surface area contributed by atoms with Gasteiger partial charge in [-0.2, -0.15) is 0 Å². The first-order valence-electron chi connectivity index (χ1n) is 8.54. The van der Waals surface area contributed by atoms with E-state index < -0.39 is 12.0 Å². The van der Waals surface area contributed by atoms with Crippen LogP contribution in [0.25, 0.3) is 0 Å². The van der Waals surface area contributed by atoms with Gasteiger partial charge in [-0.05, 0) is 56.5 Å². The lowest BCUT2D eigenvalue weighted by atomic mass is 10.0. The fraction of sp³-hybridized carbons (Fsp3) is 0.611. The summed E-state index contributed by atoms with van der Waals surface area (Å²) >= 11 is 0. The van der Waals surface area contributed by atoms with Crippen LogP contribution in [0, 0.1) is 5.82 Å². The Hall–Kier alpha value is -1.46. The summed E-state index contributed by atoms with van der Waals surface area (Å²) in [5.41, 5.74) is 1.15. The highest BCUT2D eigenvalue weighted by Crippen LogP contribution is 2.13. The third-order valence-electron chi connectivity index (χ3n) is 4.53. The molecule has 1 aromatic rings. The molecule has 128 valence electrons. The van der Waals surface area contributed by atoms with Gasteiger partial charge in [0.2, 0.25) is 0 Å². The third kappa shape index (κ3) is 5.92. The Labute approximate surface area is 137 Å². The number of halogens is 1. The molecule has 1 aliphatic rings. The minimum Gasteiger partial charge on any atom is -0.480 e. The van der Waals surface area contributed by atoms with E-state index in [1.807, 2.05) is 19.1 Å². The number of rotatable bonds is 8. The molecule has 1 unspecified atom stereocenters. The van der Waals surface area contributed by atoms with Gasteiger partial charge in [0, 0.05) is 12.6 Å². The Kier molecular flexibility index (Phi) is 6.99. The Bertz CT molecular complexity index is 484. The Balaban J connectivity index is 1.71. The van der Waals surface area contributed by atoms with Crippen molar-refractivity contribution in [1.29, 1.82) is 0 Å². The Morgan fingerprint density at radius 1 is 1.35 bits per heavy atom. The first-order valence-corrected chi connectivity index (χ1v) is 8.54. The quantitative estimate of drug-likeness (QED) is 0.773. The van der Waals surface area contributed by atoms with Crippen LogP contribution in [0.2, 0.25) is 0 Å². The number of nitrogens with one attached hydrogen (secondary N) is 1. The summed E-state index contributed by atoms with van der Waals surface area (Å²) in [7, 11) is 0. The summed E-state index contributed by atoms with van der Waals surface area (Å²) in [5, 5.41) is 12.5. The highest BCUT2D eigenvalue weighted by atomic mass is 19.1. The number of nitrogens with zero attached hydrogens (tertiary/aromatic N) is 1. The van der Waals surface area contributed by atoms with Crippen molar-refractivity contribution in [3.05, 3.63) is 35.6 Å². The van der Waals surface area contributed by atoms with E-state index in [0.29, 0.717) is 12.5 Å². The zero-order valence-corrected chi connectivity index (χ0v) is 13.8. The van der Waals surface area contributed by atoms with Gasteiger partial charge in [-0.15, -0.1) is 0 Å². The van der Waals surface area contributed by atoms with Crippen molar-refractivity contribution >= 4 is 5.97 Å². The van der Waals surface area contributed by atoms with Crippen LogP contribution >= 0.6 is 0 Å². The zero-order chi connectivity index (χ0) is 16.7. The van der Waals surface area contributed by atoms with Crippen LogP contribution in [-0.2, 0) is 11.2 Å². The molecule has 0 saturated carbocycles. The summed E-state index contributed by atoms with van der Waals surface area (Å²) in [4.78, 5) is 13.6. The molecule has 1 saturated heterocycles. The van der Waals surface area contributed by atoms with Crippen molar-refractivity contribution in [3.63, 3.8) is 0 Å². The van der Waals surface area contributed by atoms with Gasteiger partial charge in [0.05, 0.1) is 0 Å². The number of carbonyl (C=O) groups is 1. The predicted octanol–water partition coefficient (Wildman–Crippen LogP) is 2.68. The normalized spacial score (nSPS) is 18.0. The minimum absolute atomic E-state index is 0.194. The van der Waals surface area contributed by atoms with E-state index in [9.17, 15) is 14.3 Å². The number of piperidine rings is 1. The van der Waals surface area contributed by atoms with Gasteiger partial charge in [-0.1, -0.05) is 25.5 Å². The van der Waals surface area contributed by atoms with Crippen LogP contribution in [0.4, 0.5) is 4.39 Å². The molecule has 2 N–H and O–H groups in total. The monoisotopic (exact) mass is 322 g/mol. The molecule has 5 heteroatoms. The van der Waals surface area contributed by atoms with Crippen molar-refractivity contribution in [2.24, 2.45) is 0 Å². The fourth-order valence-electron chi connectivity index (χ4n) is 3.11. The van der Waals surface area contributed by atoms with Gasteiger partial charge >= 0.3 is 5.97 Å². The number of hydrogen-bond acceptors (Lipinski definition) is 3. The van der Waals surface area contributed by atoms with E-state index in [0.717, 1.165) is 50.9 Å². The number of hydrogen-bond donors (Lipinski definition) is 2. The van der Waals surface area contributed by atoms with Crippen LogP contribution in [-0.4, -0.2) is 47.7 Å². The van der Waals surface area contributed by atoms with E-state index in [2.05, 4.69) is 10.2 Å². The van der Waals surface area contributed by atoms with Crippen molar-refractivity contribution in [2.75, 3.05) is 19.6 Å². The molecule has 0 radical (unpaired) electrons. The van der Waals surface area contributed by atoms with Gasteiger partial charge in [-0.25, -0.2) is 4.39 Å². The highest BCUT2D eigenvalue weighted by Gasteiger charge is 2.24. The topological polar surface area (TPSA) is 52.6 Å². The molecule has 0 aliphatic carbocycles. The van der Waals surface area contributed by atoms with Crippen molar-refractivity contribution in [1.82, 2.24) is 10.2 Å². The molecule has 23 heavy (non-hydrogen) atoms. The lowest BCUT2D eigenvalue weighted by Crippen LogP contribution is -2.49. The molecule has 0 bridgehead atoms. The fourth-order valence-corrected chi connectivity index (χ4v) is 3.11. The maximum absolute atomic E-state index is 12.9. The summed E-state index contributed by atoms with van der Waals surface area (Å²) in [5.74, 6) is -0.939. The average molecular weight is 322 g/mol. The first-order chi connectivity index (χ1) is 11.1. The molecular weight excluding hydrogens is 295 g/mol. The van der Waals surface area contributed by atoms with E-state index in [1.165, 1.54) is 12.1 Å². The van der Waals surface area contributed by atoms with Gasteiger partial charge in [0.15, 0.2) is 0 Å². The SMILES string of the molecule is CCCC(NC1CCN(CCc2ccc(F)cc2)CC1)C(=O)O. The molecule has 0 amide bonds. The standard InChI is InChI=1S/C18H27FN2O2/c1-2-3-17(18(22)23)20-16-9-12-21(13-10-16)11-8-14-4-6-15(19)7-5-14/h4-7,16-17,20H,2-3,8-13H2,1H3,(H,22,23). The summed E-state index contributed by atoms with van der Waals surface area (Å²) in [6, 6.07) is 6.56. The van der Waals surface area contributed by atoms with Gasteiger partial charge in [0.1, 0.15) is 11.9 Å². The third-order valence-corrected chi connectivity index (χ3v) is 4.53. The number of carboxylic acid groups (broad SMARTS) is 1. The van der Waals surface area contributed by atoms with Crippen LogP contribution in [0.1, 0.15) is 38.2 Å². The molecule has 1 aromatic carbocycles. The molecule has 1 atom stereocenters. The maximum Gasteiger partial charge on any atom is 0.320 e. The van der Waals surface area contributed by atoms with Crippen LogP contribution in [0.3, 0.4) is 0 Å². The van der Waals surface area contributed by atoms with Crippen molar-refractivity contribution in [3.8, 4) is 0 Å². The Morgan fingerprint density at radius 2 is 2.00 bits per heavy atom. The molecule has 0 aromatic heterocycles. The van der Waals surface area contributed by atoms with Crippen LogP contribution < -0.4 is 5.32 Å². The molecular formula is C18H27FN2O2. The largest absolute Gasteiger partial charge is 0.480 e. The Morgan fingerprint density at radius 3 is 2.57 bits per heavy atom. The molecule has 1 aliphatic heterocycles. The molecule has 2 rings (SSSR count).